The Morgan fingerprint density at radius 1 is 0.246 bits per heavy atom. The number of allylic oxidation sites excluding steroid dienone is 6. The molecule has 3 atom stereocenters. The first kappa shape index (κ1) is 109. The van der Waals surface area contributed by atoms with E-state index in [1.165, 1.54) is 205 Å². The summed E-state index contributed by atoms with van der Waals surface area (Å²) < 4.78 is 29.3. The molecule has 0 aromatic rings. The van der Waals surface area contributed by atoms with Crippen LogP contribution < -0.4 is 0 Å². The minimum absolute atomic E-state index is 0.0966. The highest BCUT2D eigenvalue weighted by atomic mass is 16.8. The molecule has 0 aromatic heterocycles. The molecule has 0 saturated heterocycles. The Morgan fingerprint density at radius 2 is 0.447 bits per heavy atom. The van der Waals surface area contributed by atoms with Crippen LogP contribution in [0.3, 0.4) is 0 Å². The lowest BCUT2D eigenvalue weighted by atomic mass is 9.75. The van der Waals surface area contributed by atoms with E-state index in [1.807, 2.05) is 0 Å². The zero-order valence-electron chi connectivity index (χ0n) is 74.3. The Labute approximate surface area is 697 Å². The fraction of sp³-hybridized carbons (Fsp3) is 0.857. The molecule has 0 bridgehead atoms. The summed E-state index contributed by atoms with van der Waals surface area (Å²) >= 11 is 0. The molecule has 0 aliphatic rings. The van der Waals surface area contributed by atoms with Crippen molar-refractivity contribution in [3.8, 4) is 0 Å². The van der Waals surface area contributed by atoms with E-state index in [0.717, 1.165) is 154 Å². The summed E-state index contributed by atoms with van der Waals surface area (Å²) in [6, 6.07) is 0. The SMILES string of the molecule is CCCCCCCCC=CCCCCCCCC(=O)OC(OC(=O)CCCCCCCC=CCCCCCCCC)(C(=O)O)C(OC(=O)CCCCCCCC=CCCCCCCCC)(C(=O)O)C(C(=O)O)C(COC(=O)CCCCCCCCCCCCCCCCC)OC(=O)CCCCCCCCCCCCCCCCC. The van der Waals surface area contributed by atoms with Gasteiger partial charge in [-0.3, -0.25) is 28.8 Å². The Bertz CT molecular complexity index is 2330. The van der Waals surface area contributed by atoms with Gasteiger partial charge in [-0.05, 0) is 109 Å². The Kier molecular flexibility index (Phi) is 78.1. The molecule has 3 N–H and O–H groups in total. The maximum absolute atomic E-state index is 14.9. The molecule has 0 heterocycles. The van der Waals surface area contributed by atoms with Crippen LogP contribution in [-0.4, -0.2) is 87.2 Å². The van der Waals surface area contributed by atoms with Crippen LogP contribution in [0.5, 0.6) is 0 Å². The minimum Gasteiger partial charge on any atom is -0.481 e. The first-order valence-electron chi connectivity index (χ1n) is 48.3. The van der Waals surface area contributed by atoms with Gasteiger partial charge in [0.2, 0.25) is 0 Å². The number of unbranched alkanes of at least 4 members (excludes halogenated alkanes) is 61. The maximum Gasteiger partial charge on any atom is 0.409 e. The van der Waals surface area contributed by atoms with E-state index in [9.17, 15) is 53.7 Å². The molecule has 16 heteroatoms. The number of rotatable bonds is 89. The molecular weight excluding hydrogens is 1430 g/mol. The average molecular weight is 1610 g/mol. The Balaban J connectivity index is 7.45. The van der Waals surface area contributed by atoms with Crippen molar-refractivity contribution in [3.05, 3.63) is 36.5 Å². The van der Waals surface area contributed by atoms with Crippen molar-refractivity contribution < 1.29 is 77.4 Å². The first-order valence-corrected chi connectivity index (χ1v) is 48.3. The van der Waals surface area contributed by atoms with Crippen molar-refractivity contribution in [1.29, 1.82) is 0 Å². The summed E-state index contributed by atoms with van der Waals surface area (Å²) in [5, 5.41) is 35.6. The van der Waals surface area contributed by atoms with Gasteiger partial charge in [0.1, 0.15) is 6.61 Å². The summed E-state index contributed by atoms with van der Waals surface area (Å²) in [6.45, 7) is 9.96. The van der Waals surface area contributed by atoms with Gasteiger partial charge in [0.15, 0.2) is 12.0 Å². The monoisotopic (exact) mass is 1610 g/mol. The number of carboxylic acids is 3. The lowest BCUT2D eigenvalue weighted by Crippen LogP contribution is -2.75. The van der Waals surface area contributed by atoms with E-state index in [2.05, 4.69) is 71.1 Å². The highest BCUT2D eigenvalue weighted by molar-refractivity contribution is 5.99. The predicted octanol–water partition coefficient (Wildman–Crippen LogP) is 29.0. The number of carbonyl (C=O) groups is 8. The number of hydrogen-bond donors (Lipinski definition) is 3. The molecule has 0 spiro atoms. The second-order valence-corrected chi connectivity index (χ2v) is 33.3. The standard InChI is InChI=1S/C98H176O16/c1-6-11-16-21-26-31-36-41-46-51-56-61-66-71-76-81-88(99)110-86-87(111-89(100)82-77-72-67-62-57-52-47-42-37-32-27-22-17-12-7-2)93(94(104)105)97(95(106)107,112-90(101)83-78-73-68-63-58-53-48-43-38-33-28-23-18-13-8-3)98(96(108)109,113-91(102)84-79-74-69-64-59-54-49-44-39-34-29-24-19-14-9-4)114-92(103)85-80-75-70-65-60-55-50-45-40-35-30-25-20-15-10-5/h43-45,48-50,87,93H,6-42,46-47,51-86H2,1-5H3,(H,104,105)(H,106,107)(H,108,109). The smallest absolute Gasteiger partial charge is 0.409 e. The molecule has 0 aliphatic carbocycles. The number of aliphatic carboxylic acids is 3. The van der Waals surface area contributed by atoms with Crippen molar-refractivity contribution in [2.45, 2.75) is 527 Å². The zero-order valence-corrected chi connectivity index (χ0v) is 74.3. The zero-order chi connectivity index (χ0) is 83.6. The van der Waals surface area contributed by atoms with E-state index >= 15 is 0 Å². The molecule has 664 valence electrons. The largest absolute Gasteiger partial charge is 0.481 e. The molecule has 3 unspecified atom stereocenters. The van der Waals surface area contributed by atoms with Crippen LogP contribution in [0.1, 0.15) is 510 Å². The normalized spacial score (nSPS) is 13.3. The van der Waals surface area contributed by atoms with Gasteiger partial charge < -0.3 is 39.0 Å². The summed E-state index contributed by atoms with van der Waals surface area (Å²) in [7, 11) is 0. The average Bonchev–Trinajstić information content (AvgIpc) is 0.716. The van der Waals surface area contributed by atoms with Crippen LogP contribution >= 0.6 is 0 Å². The molecule has 0 aromatic carbocycles. The van der Waals surface area contributed by atoms with E-state index in [0.29, 0.717) is 57.8 Å². The molecule has 0 rings (SSSR count). The van der Waals surface area contributed by atoms with Gasteiger partial charge in [-0.1, -0.05) is 405 Å². The fourth-order valence-corrected chi connectivity index (χ4v) is 15.3. The van der Waals surface area contributed by atoms with Gasteiger partial charge in [-0.25, -0.2) is 9.59 Å². The molecule has 0 amide bonds. The van der Waals surface area contributed by atoms with Crippen molar-refractivity contribution in [2.75, 3.05) is 6.61 Å². The van der Waals surface area contributed by atoms with Gasteiger partial charge in [0.05, 0.1) is 0 Å². The van der Waals surface area contributed by atoms with E-state index < -0.39 is 97.0 Å². The Hall–Kier alpha value is -5.02. The van der Waals surface area contributed by atoms with E-state index in [4.69, 9.17) is 23.7 Å². The lowest BCUT2D eigenvalue weighted by Gasteiger charge is -2.45. The van der Waals surface area contributed by atoms with Gasteiger partial charge in [0.25, 0.3) is 0 Å². The molecule has 114 heavy (non-hydrogen) atoms. The summed E-state index contributed by atoms with van der Waals surface area (Å²) in [6.07, 6.45) is 78.0. The summed E-state index contributed by atoms with van der Waals surface area (Å²) in [5.74, 6) is -20.4. The van der Waals surface area contributed by atoms with Gasteiger partial charge >= 0.3 is 59.1 Å². The van der Waals surface area contributed by atoms with Crippen LogP contribution in [-0.2, 0) is 62.0 Å². The minimum atomic E-state index is -4.26. The van der Waals surface area contributed by atoms with Crippen molar-refractivity contribution >= 4 is 47.8 Å². The first-order chi connectivity index (χ1) is 55.6. The lowest BCUT2D eigenvalue weighted by molar-refractivity contribution is -0.306. The van der Waals surface area contributed by atoms with Crippen LogP contribution in [0.15, 0.2) is 36.5 Å². The molecule has 0 aliphatic heterocycles. The van der Waals surface area contributed by atoms with Gasteiger partial charge in [0, 0.05) is 32.1 Å². The van der Waals surface area contributed by atoms with Crippen molar-refractivity contribution in [3.63, 3.8) is 0 Å². The molecule has 0 radical (unpaired) electrons. The second-order valence-electron chi connectivity index (χ2n) is 33.3. The Morgan fingerprint density at radius 3 is 0.667 bits per heavy atom. The molecule has 0 saturated carbocycles. The summed E-state index contributed by atoms with van der Waals surface area (Å²) in [5.41, 5.74) is -4.22. The predicted molar refractivity (Wildman–Crippen MR) is 468 cm³/mol. The second kappa shape index (κ2) is 81.7. The van der Waals surface area contributed by atoms with Crippen LogP contribution in [0.25, 0.3) is 0 Å². The van der Waals surface area contributed by atoms with E-state index in [1.54, 1.807) is 0 Å². The number of esters is 5. The fourth-order valence-electron chi connectivity index (χ4n) is 15.3. The molecule has 0 fully saturated rings. The van der Waals surface area contributed by atoms with Crippen LogP contribution in [0.2, 0.25) is 0 Å². The number of carboxylic acid groups (broad SMARTS) is 3. The molecule has 16 nitrogen and oxygen atoms in total. The number of hydrogen-bond acceptors (Lipinski definition) is 13. The highest BCUT2D eigenvalue weighted by Crippen LogP contribution is 2.44. The van der Waals surface area contributed by atoms with Gasteiger partial charge in [-0.15, -0.1) is 0 Å². The quantitative estimate of drug-likeness (QED) is 0.0168. The van der Waals surface area contributed by atoms with Gasteiger partial charge in [-0.2, -0.15) is 0 Å². The molecular formula is C98H176O16. The number of carbonyl (C=O) groups excluding carboxylic acids is 5. The van der Waals surface area contributed by atoms with E-state index in [-0.39, 0.29) is 38.5 Å². The van der Waals surface area contributed by atoms with Crippen molar-refractivity contribution in [2.24, 2.45) is 5.92 Å². The highest BCUT2D eigenvalue weighted by Gasteiger charge is 2.79. The third kappa shape index (κ3) is 62.2. The topological polar surface area (TPSA) is 243 Å². The van der Waals surface area contributed by atoms with Crippen LogP contribution in [0.4, 0.5) is 0 Å². The third-order valence-electron chi connectivity index (χ3n) is 22.5. The number of ether oxygens (including phenoxy) is 5. The summed E-state index contributed by atoms with van der Waals surface area (Å²) in [4.78, 5) is 116. The van der Waals surface area contributed by atoms with Crippen LogP contribution in [0, 0.1) is 5.92 Å². The third-order valence-corrected chi connectivity index (χ3v) is 22.5. The maximum atomic E-state index is 14.9. The van der Waals surface area contributed by atoms with Crippen molar-refractivity contribution in [1.82, 2.24) is 0 Å².